The highest BCUT2D eigenvalue weighted by atomic mass is 35.5. The summed E-state index contributed by atoms with van der Waals surface area (Å²) in [6.07, 6.45) is 0. The zero-order valence-electron chi connectivity index (χ0n) is 13.9. The van der Waals surface area contributed by atoms with Gasteiger partial charge in [-0.1, -0.05) is 35.4 Å². The minimum atomic E-state index is -3.42. The SMILES string of the molecule is Cc1ccc(S(=O)(=O)N2CCN(c3ccc(C)c(Cl)c3)CC2)cc1. The van der Waals surface area contributed by atoms with Gasteiger partial charge in [0.1, 0.15) is 0 Å². The minimum absolute atomic E-state index is 0.361. The molecule has 0 saturated carbocycles. The van der Waals surface area contributed by atoms with Crippen LogP contribution in [-0.4, -0.2) is 38.9 Å². The topological polar surface area (TPSA) is 40.6 Å². The van der Waals surface area contributed by atoms with E-state index in [4.69, 9.17) is 11.6 Å². The van der Waals surface area contributed by atoms with E-state index >= 15 is 0 Å². The highest BCUT2D eigenvalue weighted by Crippen LogP contribution is 2.25. The second kappa shape index (κ2) is 6.75. The summed E-state index contributed by atoms with van der Waals surface area (Å²) < 4.78 is 27.0. The van der Waals surface area contributed by atoms with Gasteiger partial charge in [-0.3, -0.25) is 0 Å². The average Bonchev–Trinajstić information content (AvgIpc) is 2.58. The summed E-state index contributed by atoms with van der Waals surface area (Å²) in [6, 6.07) is 13.0. The van der Waals surface area contributed by atoms with Gasteiger partial charge in [-0.15, -0.1) is 0 Å². The molecule has 0 bridgehead atoms. The number of piperazine rings is 1. The summed E-state index contributed by atoms with van der Waals surface area (Å²) in [4.78, 5) is 2.53. The van der Waals surface area contributed by atoms with Crippen LogP contribution >= 0.6 is 11.6 Å². The second-order valence-corrected chi connectivity index (χ2v) is 8.48. The third-order valence-electron chi connectivity index (χ3n) is 4.42. The van der Waals surface area contributed by atoms with Crippen LogP contribution in [0.1, 0.15) is 11.1 Å². The van der Waals surface area contributed by atoms with Gasteiger partial charge in [0.05, 0.1) is 4.90 Å². The number of benzene rings is 2. The monoisotopic (exact) mass is 364 g/mol. The normalized spacial score (nSPS) is 16.4. The van der Waals surface area contributed by atoms with Crippen molar-refractivity contribution in [3.05, 3.63) is 58.6 Å². The number of anilines is 1. The maximum Gasteiger partial charge on any atom is 0.243 e. The number of hydrogen-bond acceptors (Lipinski definition) is 3. The second-order valence-electron chi connectivity index (χ2n) is 6.14. The number of sulfonamides is 1. The van der Waals surface area contributed by atoms with Gasteiger partial charge in [-0.2, -0.15) is 4.31 Å². The summed E-state index contributed by atoms with van der Waals surface area (Å²) in [6.45, 7) is 6.18. The van der Waals surface area contributed by atoms with E-state index in [0.717, 1.165) is 21.8 Å². The van der Waals surface area contributed by atoms with Crippen molar-refractivity contribution in [2.45, 2.75) is 18.7 Å². The van der Waals surface area contributed by atoms with Gasteiger partial charge in [0, 0.05) is 36.9 Å². The minimum Gasteiger partial charge on any atom is -0.369 e. The largest absolute Gasteiger partial charge is 0.369 e. The van der Waals surface area contributed by atoms with Crippen molar-refractivity contribution in [3.63, 3.8) is 0 Å². The number of rotatable bonds is 3. The third-order valence-corrected chi connectivity index (χ3v) is 6.74. The van der Waals surface area contributed by atoms with Crippen molar-refractivity contribution < 1.29 is 8.42 Å². The van der Waals surface area contributed by atoms with Crippen molar-refractivity contribution in [3.8, 4) is 0 Å². The molecule has 0 aliphatic carbocycles. The van der Waals surface area contributed by atoms with Crippen LogP contribution in [0.2, 0.25) is 5.02 Å². The van der Waals surface area contributed by atoms with E-state index in [9.17, 15) is 8.42 Å². The van der Waals surface area contributed by atoms with Crippen LogP contribution in [0.25, 0.3) is 0 Å². The van der Waals surface area contributed by atoms with Crippen molar-refractivity contribution >= 4 is 27.3 Å². The fourth-order valence-electron chi connectivity index (χ4n) is 2.82. The van der Waals surface area contributed by atoms with Crippen molar-refractivity contribution in [2.24, 2.45) is 0 Å². The van der Waals surface area contributed by atoms with Gasteiger partial charge in [0.25, 0.3) is 0 Å². The Labute approximate surface area is 148 Å². The molecule has 0 N–H and O–H groups in total. The molecule has 0 unspecified atom stereocenters. The van der Waals surface area contributed by atoms with E-state index in [1.807, 2.05) is 44.2 Å². The summed E-state index contributed by atoms with van der Waals surface area (Å²) in [5.41, 5.74) is 3.13. The van der Waals surface area contributed by atoms with Crippen molar-refractivity contribution in [2.75, 3.05) is 31.1 Å². The first kappa shape index (κ1) is 17.3. The Hall–Kier alpha value is -1.56. The van der Waals surface area contributed by atoms with E-state index in [1.165, 1.54) is 0 Å². The van der Waals surface area contributed by atoms with Gasteiger partial charge in [-0.05, 0) is 43.7 Å². The van der Waals surface area contributed by atoms with E-state index < -0.39 is 10.0 Å². The molecule has 1 heterocycles. The molecule has 24 heavy (non-hydrogen) atoms. The Morgan fingerprint density at radius 3 is 2.12 bits per heavy atom. The molecule has 1 saturated heterocycles. The first-order chi connectivity index (χ1) is 11.4. The summed E-state index contributed by atoms with van der Waals surface area (Å²) in [5, 5.41) is 0.738. The van der Waals surface area contributed by atoms with E-state index in [2.05, 4.69) is 4.90 Å². The lowest BCUT2D eigenvalue weighted by molar-refractivity contribution is 0.385. The Balaban J connectivity index is 1.72. The van der Waals surface area contributed by atoms with Crippen LogP contribution in [-0.2, 0) is 10.0 Å². The molecule has 0 atom stereocenters. The van der Waals surface area contributed by atoms with Gasteiger partial charge in [0.2, 0.25) is 10.0 Å². The lowest BCUT2D eigenvalue weighted by atomic mass is 10.2. The Bertz CT molecular complexity index is 827. The molecule has 1 aliphatic heterocycles. The predicted octanol–water partition coefficient (Wildman–Crippen LogP) is 3.47. The Kier molecular flexibility index (Phi) is 4.85. The fourth-order valence-corrected chi connectivity index (χ4v) is 4.42. The molecule has 2 aromatic carbocycles. The lowest BCUT2D eigenvalue weighted by Crippen LogP contribution is -2.48. The lowest BCUT2D eigenvalue weighted by Gasteiger charge is -2.35. The number of aryl methyl sites for hydroxylation is 2. The predicted molar refractivity (Wildman–Crippen MR) is 98.3 cm³/mol. The number of hydrogen-bond donors (Lipinski definition) is 0. The maximum absolute atomic E-state index is 12.7. The maximum atomic E-state index is 12.7. The smallest absolute Gasteiger partial charge is 0.243 e. The number of nitrogens with zero attached hydrogens (tertiary/aromatic N) is 2. The van der Waals surface area contributed by atoms with Crippen LogP contribution < -0.4 is 4.90 Å². The molecule has 4 nitrogen and oxygen atoms in total. The molecule has 0 spiro atoms. The van der Waals surface area contributed by atoms with Gasteiger partial charge < -0.3 is 4.90 Å². The van der Waals surface area contributed by atoms with Gasteiger partial charge in [-0.25, -0.2) is 8.42 Å². The van der Waals surface area contributed by atoms with Gasteiger partial charge >= 0.3 is 0 Å². The summed E-state index contributed by atoms with van der Waals surface area (Å²) >= 11 is 6.19. The summed E-state index contributed by atoms with van der Waals surface area (Å²) in [7, 11) is -3.42. The molecular weight excluding hydrogens is 344 g/mol. The van der Waals surface area contributed by atoms with Crippen LogP contribution in [0, 0.1) is 13.8 Å². The zero-order valence-corrected chi connectivity index (χ0v) is 15.4. The number of halogens is 1. The van der Waals surface area contributed by atoms with Gasteiger partial charge in [0.15, 0.2) is 0 Å². The van der Waals surface area contributed by atoms with E-state index in [0.29, 0.717) is 31.1 Å². The highest BCUT2D eigenvalue weighted by Gasteiger charge is 2.28. The average molecular weight is 365 g/mol. The quantitative estimate of drug-likeness (QED) is 0.837. The van der Waals surface area contributed by atoms with Crippen molar-refractivity contribution in [1.82, 2.24) is 4.31 Å². The third kappa shape index (κ3) is 3.43. The molecule has 128 valence electrons. The molecular formula is C18H21ClN2O2S. The Morgan fingerprint density at radius 2 is 1.54 bits per heavy atom. The van der Waals surface area contributed by atoms with Crippen LogP contribution in [0.3, 0.4) is 0 Å². The first-order valence-corrected chi connectivity index (χ1v) is 9.77. The molecule has 3 rings (SSSR count). The zero-order chi connectivity index (χ0) is 17.3. The molecule has 0 aromatic heterocycles. The molecule has 0 amide bonds. The first-order valence-electron chi connectivity index (χ1n) is 7.96. The fraction of sp³-hybridized carbons (Fsp3) is 0.333. The highest BCUT2D eigenvalue weighted by molar-refractivity contribution is 7.89. The standard InChI is InChI=1S/C18H21ClN2O2S/c1-14-3-7-17(8-4-14)24(22,23)21-11-9-20(10-12-21)16-6-5-15(2)18(19)13-16/h3-8,13H,9-12H2,1-2H3. The van der Waals surface area contributed by atoms with Crippen LogP contribution in [0.4, 0.5) is 5.69 Å². The summed E-state index contributed by atoms with van der Waals surface area (Å²) in [5.74, 6) is 0. The van der Waals surface area contributed by atoms with Crippen LogP contribution in [0.15, 0.2) is 47.4 Å². The van der Waals surface area contributed by atoms with Crippen LogP contribution in [0.5, 0.6) is 0 Å². The van der Waals surface area contributed by atoms with E-state index in [-0.39, 0.29) is 0 Å². The molecule has 1 fully saturated rings. The molecule has 0 radical (unpaired) electrons. The van der Waals surface area contributed by atoms with E-state index in [1.54, 1.807) is 16.4 Å². The van der Waals surface area contributed by atoms with Crippen molar-refractivity contribution in [1.29, 1.82) is 0 Å². The Morgan fingerprint density at radius 1 is 0.917 bits per heavy atom. The molecule has 1 aliphatic rings. The molecule has 6 heteroatoms. The molecule has 2 aromatic rings.